The number of likely N-dealkylation sites (tertiary alicyclic amines) is 1. The summed E-state index contributed by atoms with van der Waals surface area (Å²) in [5, 5.41) is 11.4. The number of hydrogen-bond acceptors (Lipinski definition) is 6. The Balaban J connectivity index is 1.53. The van der Waals surface area contributed by atoms with E-state index in [9.17, 15) is 31.6 Å². The SMILES string of the molecule is C[C@H](Oc1ccc(S(=O)(=O)[C@@H]2C[C@@H](CNC3(C#N)CC3)N(C(=O)C3(C)CC3)C2)c(Cl)c1)C(F)(F)F. The predicted octanol–water partition coefficient (Wildman–Crippen LogP) is 3.86. The van der Waals surface area contributed by atoms with Crippen molar-refractivity contribution in [1.82, 2.24) is 10.2 Å². The molecule has 1 heterocycles. The van der Waals surface area contributed by atoms with Gasteiger partial charge in [-0.1, -0.05) is 18.5 Å². The van der Waals surface area contributed by atoms with Crippen molar-refractivity contribution in [2.75, 3.05) is 13.1 Å². The zero-order chi connectivity index (χ0) is 25.8. The molecule has 2 saturated carbocycles. The summed E-state index contributed by atoms with van der Waals surface area (Å²) in [7, 11) is -4.01. The fraction of sp³-hybridized carbons (Fsp3) is 0.652. The van der Waals surface area contributed by atoms with Crippen LogP contribution in [0.4, 0.5) is 13.2 Å². The standard InChI is InChI=1S/C23H27ClF3N3O4S/c1-14(23(25,26)27)34-16-3-4-19(18(24)10-16)35(32,33)17-9-15(11-29-22(13-28)7-8-22)30(12-17)20(31)21(2)5-6-21/h3-4,10,14-15,17,29H,5-9,11-12H2,1-2H3/t14-,15-,17+/m0/s1. The van der Waals surface area contributed by atoms with E-state index in [1.165, 1.54) is 0 Å². The fourth-order valence-electron chi connectivity index (χ4n) is 4.29. The van der Waals surface area contributed by atoms with Gasteiger partial charge >= 0.3 is 6.18 Å². The number of amides is 1. The third kappa shape index (κ3) is 5.25. The Bertz CT molecular complexity index is 1160. The first kappa shape index (κ1) is 26.0. The Morgan fingerprint density at radius 2 is 2.00 bits per heavy atom. The van der Waals surface area contributed by atoms with Gasteiger partial charge < -0.3 is 9.64 Å². The number of nitriles is 1. The van der Waals surface area contributed by atoms with Gasteiger partial charge in [0.1, 0.15) is 11.3 Å². The monoisotopic (exact) mass is 533 g/mol. The number of benzene rings is 1. The van der Waals surface area contributed by atoms with E-state index < -0.39 is 44.4 Å². The second kappa shape index (κ2) is 8.82. The van der Waals surface area contributed by atoms with Crippen molar-refractivity contribution in [2.24, 2.45) is 5.41 Å². The van der Waals surface area contributed by atoms with Crippen LogP contribution in [0.3, 0.4) is 0 Å². The van der Waals surface area contributed by atoms with Crippen LogP contribution < -0.4 is 10.1 Å². The summed E-state index contributed by atoms with van der Waals surface area (Å²) in [6.45, 7) is 2.99. The van der Waals surface area contributed by atoms with Crippen LogP contribution in [0.2, 0.25) is 5.02 Å². The van der Waals surface area contributed by atoms with Crippen molar-refractivity contribution in [3.05, 3.63) is 23.2 Å². The molecule has 0 bridgehead atoms. The molecule has 0 unspecified atom stereocenters. The maximum atomic E-state index is 13.5. The van der Waals surface area contributed by atoms with Gasteiger partial charge in [0.2, 0.25) is 5.91 Å². The minimum Gasteiger partial charge on any atom is -0.481 e. The van der Waals surface area contributed by atoms with Crippen LogP contribution in [0.25, 0.3) is 0 Å². The van der Waals surface area contributed by atoms with E-state index in [0.29, 0.717) is 19.4 Å². The highest BCUT2D eigenvalue weighted by molar-refractivity contribution is 7.92. The maximum absolute atomic E-state index is 13.5. The first-order valence-corrected chi connectivity index (χ1v) is 13.4. The highest BCUT2D eigenvalue weighted by Gasteiger charge is 2.53. The molecule has 3 atom stereocenters. The molecule has 2 aliphatic carbocycles. The number of alkyl halides is 3. The summed E-state index contributed by atoms with van der Waals surface area (Å²) in [6, 6.07) is 5.18. The molecule has 1 aromatic rings. The lowest BCUT2D eigenvalue weighted by Crippen LogP contribution is -2.46. The van der Waals surface area contributed by atoms with E-state index in [4.69, 9.17) is 16.3 Å². The van der Waals surface area contributed by atoms with E-state index in [1.807, 2.05) is 6.92 Å². The molecule has 12 heteroatoms. The summed E-state index contributed by atoms with van der Waals surface area (Å²) < 4.78 is 70.2. The van der Waals surface area contributed by atoms with Gasteiger partial charge in [0.25, 0.3) is 0 Å². The van der Waals surface area contributed by atoms with Crippen molar-refractivity contribution in [3.8, 4) is 11.8 Å². The van der Waals surface area contributed by atoms with E-state index in [2.05, 4.69) is 11.4 Å². The van der Waals surface area contributed by atoms with E-state index in [1.54, 1.807) is 4.90 Å². The van der Waals surface area contributed by atoms with Crippen LogP contribution in [-0.4, -0.2) is 61.4 Å². The second-order valence-corrected chi connectivity index (χ2v) is 12.6. The lowest BCUT2D eigenvalue weighted by Gasteiger charge is -2.28. The number of halogens is 4. The molecular weight excluding hydrogens is 507 g/mol. The molecule has 1 saturated heterocycles. The van der Waals surface area contributed by atoms with Crippen LogP contribution >= 0.6 is 11.6 Å². The Labute approximate surface area is 207 Å². The molecule has 1 amide bonds. The van der Waals surface area contributed by atoms with Crippen molar-refractivity contribution >= 4 is 27.3 Å². The quantitative estimate of drug-likeness (QED) is 0.545. The highest BCUT2D eigenvalue weighted by atomic mass is 35.5. The molecule has 1 aromatic carbocycles. The Morgan fingerprint density at radius 1 is 1.34 bits per heavy atom. The molecule has 1 aliphatic heterocycles. The van der Waals surface area contributed by atoms with Gasteiger partial charge in [0.05, 0.1) is 21.2 Å². The number of carbonyl (C=O) groups excluding carboxylic acids is 1. The number of nitrogens with one attached hydrogen (secondary N) is 1. The summed E-state index contributed by atoms with van der Waals surface area (Å²) >= 11 is 6.19. The fourth-order valence-corrected chi connectivity index (χ4v) is 6.56. The van der Waals surface area contributed by atoms with E-state index >= 15 is 0 Å². The molecule has 7 nitrogen and oxygen atoms in total. The smallest absolute Gasteiger partial charge is 0.425 e. The number of hydrogen-bond donors (Lipinski definition) is 1. The van der Waals surface area contributed by atoms with Gasteiger partial charge in [-0.25, -0.2) is 8.42 Å². The van der Waals surface area contributed by atoms with Crippen LogP contribution in [0.1, 0.15) is 46.0 Å². The number of carbonyl (C=O) groups is 1. The van der Waals surface area contributed by atoms with Gasteiger partial charge in [-0.2, -0.15) is 18.4 Å². The lowest BCUT2D eigenvalue weighted by atomic mass is 10.1. The largest absolute Gasteiger partial charge is 0.481 e. The van der Waals surface area contributed by atoms with Crippen molar-refractivity contribution < 1.29 is 31.1 Å². The number of nitrogens with zero attached hydrogens (tertiary/aromatic N) is 2. The van der Waals surface area contributed by atoms with Crippen LogP contribution in [-0.2, 0) is 14.6 Å². The average Bonchev–Trinajstić information content (AvgIpc) is 3.68. The number of sulfone groups is 1. The zero-order valence-electron chi connectivity index (χ0n) is 19.4. The lowest BCUT2D eigenvalue weighted by molar-refractivity contribution is -0.189. The Kier molecular flexibility index (Phi) is 6.56. The molecule has 1 N–H and O–H groups in total. The van der Waals surface area contributed by atoms with E-state index in [0.717, 1.165) is 38.0 Å². The average molecular weight is 534 g/mol. The molecule has 192 valence electrons. The summed E-state index contributed by atoms with van der Waals surface area (Å²) in [5.41, 5.74) is -1.10. The maximum Gasteiger partial charge on any atom is 0.425 e. The first-order chi connectivity index (χ1) is 16.2. The Morgan fingerprint density at radius 3 is 2.51 bits per heavy atom. The van der Waals surface area contributed by atoms with Crippen molar-refractivity contribution in [2.45, 2.75) is 80.0 Å². The molecule has 0 radical (unpaired) electrons. The topological polar surface area (TPSA) is 99.5 Å². The predicted molar refractivity (Wildman–Crippen MR) is 122 cm³/mol. The van der Waals surface area contributed by atoms with Crippen LogP contribution in [0.15, 0.2) is 23.1 Å². The normalized spacial score (nSPS) is 25.6. The molecule has 3 aliphatic rings. The highest BCUT2D eigenvalue weighted by Crippen LogP contribution is 2.48. The third-order valence-electron chi connectivity index (χ3n) is 7.22. The van der Waals surface area contributed by atoms with Crippen molar-refractivity contribution in [1.29, 1.82) is 5.26 Å². The minimum absolute atomic E-state index is 0.0116. The molecule has 35 heavy (non-hydrogen) atoms. The van der Waals surface area contributed by atoms with Crippen LogP contribution in [0, 0.1) is 16.7 Å². The Hall–Kier alpha value is -2.03. The third-order valence-corrected chi connectivity index (χ3v) is 9.83. The molecule has 4 rings (SSSR count). The first-order valence-electron chi connectivity index (χ1n) is 11.4. The van der Waals surface area contributed by atoms with Crippen LogP contribution in [0.5, 0.6) is 5.75 Å². The van der Waals surface area contributed by atoms with Gasteiger partial charge in [-0.3, -0.25) is 10.1 Å². The summed E-state index contributed by atoms with van der Waals surface area (Å²) in [5.74, 6) is -0.295. The molecular formula is C23H27ClF3N3O4S. The summed E-state index contributed by atoms with van der Waals surface area (Å²) in [6.07, 6.45) is -3.60. The number of ether oxygens (including phenoxy) is 1. The zero-order valence-corrected chi connectivity index (χ0v) is 20.9. The molecule has 0 spiro atoms. The van der Waals surface area contributed by atoms with E-state index in [-0.39, 0.29) is 34.5 Å². The minimum atomic E-state index is -4.58. The summed E-state index contributed by atoms with van der Waals surface area (Å²) in [4.78, 5) is 14.5. The molecule has 3 fully saturated rings. The van der Waals surface area contributed by atoms with Crippen molar-refractivity contribution in [3.63, 3.8) is 0 Å². The van der Waals surface area contributed by atoms with Gasteiger partial charge in [0.15, 0.2) is 15.9 Å². The molecule has 0 aromatic heterocycles. The second-order valence-electron chi connectivity index (χ2n) is 10.0. The van der Waals surface area contributed by atoms with Gasteiger partial charge in [-0.15, -0.1) is 0 Å². The number of rotatable bonds is 8. The van der Waals surface area contributed by atoms with Gasteiger partial charge in [-0.05, 0) is 51.2 Å². The van der Waals surface area contributed by atoms with Gasteiger partial charge in [0, 0.05) is 30.6 Å².